The van der Waals surface area contributed by atoms with Crippen LogP contribution in [0.15, 0.2) is 53.4 Å². The van der Waals surface area contributed by atoms with Crippen LogP contribution in [0, 0.1) is 0 Å². The summed E-state index contributed by atoms with van der Waals surface area (Å²) in [4.78, 5) is 12.1. The molecule has 0 aromatic heterocycles. The topological polar surface area (TPSA) is 72.5 Å². The number of rotatable bonds is 5. The minimum atomic E-state index is -4.68. The van der Waals surface area contributed by atoms with Crippen molar-refractivity contribution in [3.8, 4) is 5.75 Å². The third-order valence-corrected chi connectivity index (χ3v) is 5.19. The van der Waals surface area contributed by atoms with E-state index in [4.69, 9.17) is 4.74 Å². The number of ether oxygens (including phenoxy) is 1. The summed E-state index contributed by atoms with van der Waals surface area (Å²) in [6.07, 6.45) is -3.19. The van der Waals surface area contributed by atoms with Crippen molar-refractivity contribution in [2.75, 3.05) is 0 Å². The van der Waals surface area contributed by atoms with Crippen molar-refractivity contribution in [2.45, 2.75) is 30.0 Å². The maximum absolute atomic E-state index is 13.0. The van der Waals surface area contributed by atoms with Crippen molar-refractivity contribution in [3.63, 3.8) is 0 Å². The highest BCUT2D eigenvalue weighted by Gasteiger charge is 2.35. The third-order valence-electron chi connectivity index (χ3n) is 3.67. The summed E-state index contributed by atoms with van der Waals surface area (Å²) in [7, 11) is -3.80. The van der Waals surface area contributed by atoms with Gasteiger partial charge in [0.05, 0.1) is 16.0 Å². The molecule has 0 atom stereocenters. The van der Waals surface area contributed by atoms with Gasteiger partial charge in [-0.1, -0.05) is 18.2 Å². The molecule has 26 heavy (non-hydrogen) atoms. The third kappa shape index (κ3) is 4.23. The largest absolute Gasteiger partial charge is 0.422 e. The van der Waals surface area contributed by atoms with Crippen LogP contribution in [0.2, 0.25) is 0 Å². The Labute approximate surface area is 147 Å². The molecule has 1 aliphatic rings. The number of alkyl halides is 3. The number of hydrogen-bond donors (Lipinski definition) is 1. The molecule has 2 aromatic carbocycles. The lowest BCUT2D eigenvalue weighted by Gasteiger charge is -2.13. The first kappa shape index (κ1) is 18.4. The van der Waals surface area contributed by atoms with E-state index in [9.17, 15) is 26.4 Å². The lowest BCUT2D eigenvalue weighted by molar-refractivity contribution is -0.138. The Bertz CT molecular complexity index is 937. The van der Waals surface area contributed by atoms with Crippen LogP contribution in [0.5, 0.6) is 5.75 Å². The number of benzene rings is 2. The average Bonchev–Trinajstić information content (AvgIpc) is 3.38. The van der Waals surface area contributed by atoms with Gasteiger partial charge in [0.25, 0.3) is 0 Å². The van der Waals surface area contributed by atoms with Crippen LogP contribution >= 0.6 is 0 Å². The highest BCUT2D eigenvalue weighted by Crippen LogP contribution is 2.36. The molecule has 0 aliphatic heterocycles. The zero-order valence-electron chi connectivity index (χ0n) is 13.3. The number of esters is 1. The second kappa shape index (κ2) is 6.73. The smallest absolute Gasteiger partial charge is 0.419 e. The second-order valence-corrected chi connectivity index (χ2v) is 7.52. The molecule has 0 radical (unpaired) electrons. The fourth-order valence-corrected chi connectivity index (χ4v) is 3.58. The molecule has 9 heteroatoms. The van der Waals surface area contributed by atoms with Gasteiger partial charge in [0.1, 0.15) is 5.75 Å². The molecule has 0 spiro atoms. The Morgan fingerprint density at radius 2 is 1.77 bits per heavy atom. The summed E-state index contributed by atoms with van der Waals surface area (Å²) in [5.41, 5.74) is -1.26. The minimum Gasteiger partial charge on any atom is -0.422 e. The van der Waals surface area contributed by atoms with Crippen molar-refractivity contribution in [1.29, 1.82) is 0 Å². The second-order valence-electron chi connectivity index (χ2n) is 5.81. The Morgan fingerprint density at radius 3 is 2.42 bits per heavy atom. The highest BCUT2D eigenvalue weighted by molar-refractivity contribution is 7.89. The predicted molar refractivity (Wildman–Crippen MR) is 86.2 cm³/mol. The molecule has 0 unspecified atom stereocenters. The van der Waals surface area contributed by atoms with Crippen molar-refractivity contribution in [1.82, 2.24) is 4.72 Å². The Hall–Kier alpha value is -2.39. The molecule has 2 aromatic rings. The number of nitrogens with one attached hydrogen (secondary N) is 1. The summed E-state index contributed by atoms with van der Waals surface area (Å²) in [5, 5.41) is 0. The number of halogens is 3. The molecule has 138 valence electrons. The van der Waals surface area contributed by atoms with Gasteiger partial charge in [-0.2, -0.15) is 13.2 Å². The lowest BCUT2D eigenvalue weighted by Crippen LogP contribution is -2.26. The minimum absolute atomic E-state index is 0.116. The fraction of sp³-hybridized carbons (Fsp3) is 0.235. The van der Waals surface area contributed by atoms with Gasteiger partial charge in [0.2, 0.25) is 10.0 Å². The van der Waals surface area contributed by atoms with E-state index in [1.807, 2.05) is 0 Å². The average molecular weight is 385 g/mol. The summed E-state index contributed by atoms with van der Waals surface area (Å²) < 4.78 is 70.6. The Morgan fingerprint density at radius 1 is 1.08 bits per heavy atom. The monoisotopic (exact) mass is 385 g/mol. The molecule has 1 aliphatic carbocycles. The summed E-state index contributed by atoms with van der Waals surface area (Å²) >= 11 is 0. The molecule has 5 nitrogen and oxygen atoms in total. The van der Waals surface area contributed by atoms with Gasteiger partial charge in [-0.05, 0) is 43.2 Å². The number of hydrogen-bond acceptors (Lipinski definition) is 4. The van der Waals surface area contributed by atoms with Gasteiger partial charge in [0.15, 0.2) is 0 Å². The molecule has 1 N–H and O–H groups in total. The quantitative estimate of drug-likeness (QED) is 0.633. The summed E-state index contributed by atoms with van der Waals surface area (Å²) in [6.45, 7) is 0. The number of sulfonamides is 1. The van der Waals surface area contributed by atoms with Crippen LogP contribution in [0.25, 0.3) is 0 Å². The Kier molecular flexibility index (Phi) is 4.76. The van der Waals surface area contributed by atoms with Gasteiger partial charge in [-0.15, -0.1) is 0 Å². The van der Waals surface area contributed by atoms with Crippen molar-refractivity contribution >= 4 is 16.0 Å². The van der Waals surface area contributed by atoms with Crippen LogP contribution in [0.4, 0.5) is 13.2 Å². The molecule has 0 bridgehead atoms. The SMILES string of the molecule is O=C(Oc1ccccc1C(F)(F)F)c1cccc(S(=O)(=O)NC2CC2)c1. The van der Waals surface area contributed by atoms with Crippen LogP contribution in [-0.2, 0) is 16.2 Å². The zero-order chi connectivity index (χ0) is 18.9. The van der Waals surface area contributed by atoms with E-state index in [-0.39, 0.29) is 16.5 Å². The predicted octanol–water partition coefficient (Wildman–Crippen LogP) is 3.37. The first-order valence-corrected chi connectivity index (χ1v) is 9.16. The number of carbonyl (C=O) groups is 1. The molecule has 0 amide bonds. The van der Waals surface area contributed by atoms with Gasteiger partial charge >= 0.3 is 12.1 Å². The number of para-hydroxylation sites is 1. The van der Waals surface area contributed by atoms with E-state index in [2.05, 4.69) is 4.72 Å². The maximum Gasteiger partial charge on any atom is 0.419 e. The van der Waals surface area contributed by atoms with Crippen molar-refractivity contribution in [3.05, 3.63) is 59.7 Å². The van der Waals surface area contributed by atoms with Gasteiger partial charge in [0, 0.05) is 6.04 Å². The molecule has 0 heterocycles. The van der Waals surface area contributed by atoms with E-state index >= 15 is 0 Å². The zero-order valence-corrected chi connectivity index (χ0v) is 14.1. The van der Waals surface area contributed by atoms with E-state index < -0.39 is 33.5 Å². The molecule has 1 saturated carbocycles. The van der Waals surface area contributed by atoms with Crippen LogP contribution in [-0.4, -0.2) is 20.4 Å². The molecular formula is C17H14F3NO4S. The number of carbonyl (C=O) groups excluding carboxylic acids is 1. The first-order chi connectivity index (χ1) is 12.2. The van der Waals surface area contributed by atoms with Gasteiger partial charge < -0.3 is 4.74 Å². The standard InChI is InChI=1S/C17H14F3NO4S/c18-17(19,20)14-6-1-2-7-15(14)25-16(22)11-4-3-5-13(10-11)26(23,24)21-12-8-9-12/h1-7,10,12,21H,8-9H2. The molecular weight excluding hydrogens is 371 g/mol. The maximum atomic E-state index is 13.0. The van der Waals surface area contributed by atoms with Crippen molar-refractivity contribution < 1.29 is 31.1 Å². The molecule has 3 rings (SSSR count). The lowest BCUT2D eigenvalue weighted by atomic mass is 10.2. The first-order valence-electron chi connectivity index (χ1n) is 7.67. The molecule has 1 fully saturated rings. The van der Waals surface area contributed by atoms with Crippen LogP contribution in [0.1, 0.15) is 28.8 Å². The molecule has 0 saturated heterocycles. The normalized spacial score (nSPS) is 14.9. The van der Waals surface area contributed by atoms with E-state index in [0.29, 0.717) is 0 Å². The van der Waals surface area contributed by atoms with Crippen LogP contribution in [0.3, 0.4) is 0 Å². The fourth-order valence-electron chi connectivity index (χ4n) is 2.23. The van der Waals surface area contributed by atoms with Gasteiger partial charge in [-0.3, -0.25) is 0 Å². The van der Waals surface area contributed by atoms with Gasteiger partial charge in [-0.25, -0.2) is 17.9 Å². The van der Waals surface area contributed by atoms with E-state index in [0.717, 1.165) is 31.0 Å². The van der Waals surface area contributed by atoms with E-state index in [1.54, 1.807) is 0 Å². The highest BCUT2D eigenvalue weighted by atomic mass is 32.2. The van der Waals surface area contributed by atoms with Crippen molar-refractivity contribution in [2.24, 2.45) is 0 Å². The van der Waals surface area contributed by atoms with E-state index in [1.165, 1.54) is 30.3 Å². The van der Waals surface area contributed by atoms with Crippen LogP contribution < -0.4 is 9.46 Å². The summed E-state index contributed by atoms with van der Waals surface area (Å²) in [6, 6.07) is 9.15. The summed E-state index contributed by atoms with van der Waals surface area (Å²) in [5.74, 6) is -1.72. The Balaban J connectivity index is 1.84.